The maximum atomic E-state index is 12.1. The molecule has 2 heterocycles. The number of aromatic nitrogens is 1. The van der Waals surface area contributed by atoms with Crippen LogP contribution in [0.25, 0.3) is 0 Å². The molecule has 5 nitrogen and oxygen atoms in total. The number of nitrogens with zero attached hydrogens (tertiary/aromatic N) is 1. The van der Waals surface area contributed by atoms with E-state index in [1.54, 1.807) is 18.2 Å². The third-order valence-corrected chi connectivity index (χ3v) is 3.21. The molecule has 0 spiro atoms. The summed E-state index contributed by atoms with van der Waals surface area (Å²) in [6.45, 7) is 0.138. The van der Waals surface area contributed by atoms with Gasteiger partial charge < -0.3 is 14.8 Å². The van der Waals surface area contributed by atoms with Crippen molar-refractivity contribution in [3.8, 4) is 11.5 Å². The molecular weight excluding hydrogens is 303 g/mol. The zero-order valence-corrected chi connectivity index (χ0v) is 11.5. The molecule has 1 aromatic heterocycles. The van der Waals surface area contributed by atoms with Crippen molar-refractivity contribution in [3.63, 3.8) is 0 Å². The van der Waals surface area contributed by atoms with Gasteiger partial charge in [0.25, 0.3) is 5.91 Å². The molecule has 0 radical (unpaired) electrons. The fraction of sp³-hybridized carbons (Fsp3) is 0.0769. The van der Waals surface area contributed by atoms with E-state index < -0.39 is 5.91 Å². The summed E-state index contributed by atoms with van der Waals surface area (Å²) in [6, 6.07) is 6.25. The van der Waals surface area contributed by atoms with Crippen molar-refractivity contribution in [2.45, 2.75) is 0 Å². The number of pyridine rings is 1. The van der Waals surface area contributed by atoms with E-state index in [0.717, 1.165) is 0 Å². The summed E-state index contributed by atoms with van der Waals surface area (Å²) >= 11 is 11.9. The quantitative estimate of drug-likeness (QED) is 0.924. The second-order valence-electron chi connectivity index (χ2n) is 4.00. The Morgan fingerprint density at radius 3 is 2.70 bits per heavy atom. The Balaban J connectivity index is 1.86. The van der Waals surface area contributed by atoms with Gasteiger partial charge in [-0.15, -0.1) is 0 Å². The van der Waals surface area contributed by atoms with Crippen LogP contribution in [0, 0.1) is 0 Å². The average molecular weight is 311 g/mol. The van der Waals surface area contributed by atoms with Gasteiger partial charge in [0.15, 0.2) is 11.5 Å². The second-order valence-corrected chi connectivity index (χ2v) is 4.84. The minimum atomic E-state index is -0.409. The van der Waals surface area contributed by atoms with Gasteiger partial charge in [-0.2, -0.15) is 0 Å². The van der Waals surface area contributed by atoms with Crippen molar-refractivity contribution < 1.29 is 14.3 Å². The van der Waals surface area contributed by atoms with Gasteiger partial charge in [-0.3, -0.25) is 9.78 Å². The van der Waals surface area contributed by atoms with E-state index >= 15 is 0 Å². The molecule has 0 saturated carbocycles. The molecule has 1 aromatic carbocycles. The number of carbonyl (C=O) groups excluding carboxylic acids is 1. The summed E-state index contributed by atoms with van der Waals surface area (Å²) in [4.78, 5) is 16.0. The minimum absolute atomic E-state index is 0.138. The number of hydrogen-bond donors (Lipinski definition) is 1. The van der Waals surface area contributed by atoms with Gasteiger partial charge >= 0.3 is 0 Å². The van der Waals surface area contributed by atoms with E-state index in [-0.39, 0.29) is 12.5 Å². The molecule has 0 aliphatic carbocycles. The van der Waals surface area contributed by atoms with Crippen LogP contribution < -0.4 is 14.8 Å². The number of halogens is 2. The molecule has 1 N–H and O–H groups in total. The van der Waals surface area contributed by atoms with Crippen LogP contribution >= 0.6 is 23.2 Å². The predicted octanol–water partition coefficient (Wildman–Crippen LogP) is 3.37. The molecule has 0 fully saturated rings. The number of rotatable bonds is 2. The fourth-order valence-electron chi connectivity index (χ4n) is 1.73. The van der Waals surface area contributed by atoms with Crippen LogP contribution in [0.1, 0.15) is 10.5 Å². The van der Waals surface area contributed by atoms with Crippen molar-refractivity contribution in [2.24, 2.45) is 0 Å². The Kier molecular flexibility index (Phi) is 3.38. The number of fused-ring (bicyclic) bond motifs is 1. The number of carbonyl (C=O) groups is 1. The van der Waals surface area contributed by atoms with Gasteiger partial charge in [0, 0.05) is 23.4 Å². The first-order valence-corrected chi connectivity index (χ1v) is 6.41. The molecule has 1 aliphatic rings. The first kappa shape index (κ1) is 13.0. The Hall–Kier alpha value is -1.98. The Labute approximate surface area is 124 Å². The third-order valence-electron chi connectivity index (χ3n) is 2.67. The fourth-order valence-corrected chi connectivity index (χ4v) is 2.09. The van der Waals surface area contributed by atoms with Crippen molar-refractivity contribution in [3.05, 3.63) is 46.2 Å². The zero-order chi connectivity index (χ0) is 14.1. The summed E-state index contributed by atoms with van der Waals surface area (Å²) in [7, 11) is 0. The smallest absolute Gasteiger partial charge is 0.274 e. The lowest BCUT2D eigenvalue weighted by molar-refractivity contribution is 0.102. The first-order chi connectivity index (χ1) is 9.63. The topological polar surface area (TPSA) is 60.5 Å². The van der Waals surface area contributed by atoms with Crippen LogP contribution in [0.5, 0.6) is 11.5 Å². The Morgan fingerprint density at radius 2 is 1.95 bits per heavy atom. The van der Waals surface area contributed by atoms with Crippen LogP contribution in [-0.2, 0) is 0 Å². The third kappa shape index (κ3) is 2.50. The van der Waals surface area contributed by atoms with E-state index in [1.165, 1.54) is 12.3 Å². The van der Waals surface area contributed by atoms with E-state index in [9.17, 15) is 4.79 Å². The van der Waals surface area contributed by atoms with Gasteiger partial charge in [-0.1, -0.05) is 23.2 Å². The molecule has 0 unspecified atom stereocenters. The molecule has 0 bridgehead atoms. The lowest BCUT2D eigenvalue weighted by Crippen LogP contribution is -2.13. The lowest BCUT2D eigenvalue weighted by Gasteiger charge is -2.08. The highest BCUT2D eigenvalue weighted by atomic mass is 35.5. The van der Waals surface area contributed by atoms with E-state index in [0.29, 0.717) is 27.2 Å². The maximum absolute atomic E-state index is 12.1. The highest BCUT2D eigenvalue weighted by Crippen LogP contribution is 2.39. The summed E-state index contributed by atoms with van der Waals surface area (Å²) in [5.74, 6) is 0.672. The number of benzene rings is 1. The normalized spacial score (nSPS) is 12.3. The maximum Gasteiger partial charge on any atom is 0.274 e. The van der Waals surface area contributed by atoms with Crippen LogP contribution in [0.4, 0.5) is 5.69 Å². The summed E-state index contributed by atoms with van der Waals surface area (Å²) in [6.07, 6.45) is 1.46. The van der Waals surface area contributed by atoms with Crippen molar-refractivity contribution >= 4 is 34.8 Å². The zero-order valence-electron chi connectivity index (χ0n) is 10.0. The number of ether oxygens (including phenoxy) is 2. The standard InChI is InChI=1S/C13H8Cl2N2O3/c14-7-1-2-16-10(3-7)13(18)17-9-5-12-11(4-8(9)15)19-6-20-12/h1-5H,6H2,(H,17,18). The highest BCUT2D eigenvalue weighted by Gasteiger charge is 2.18. The van der Waals surface area contributed by atoms with Crippen LogP contribution in [0.15, 0.2) is 30.5 Å². The van der Waals surface area contributed by atoms with Crippen LogP contribution in [0.2, 0.25) is 10.0 Å². The van der Waals surface area contributed by atoms with E-state index in [2.05, 4.69) is 10.3 Å². The molecule has 20 heavy (non-hydrogen) atoms. The van der Waals surface area contributed by atoms with Gasteiger partial charge in [0.2, 0.25) is 6.79 Å². The summed E-state index contributed by atoms with van der Waals surface area (Å²) in [5, 5.41) is 3.44. The Bertz CT molecular complexity index is 691. The first-order valence-electron chi connectivity index (χ1n) is 5.65. The molecule has 7 heteroatoms. The van der Waals surface area contributed by atoms with Gasteiger partial charge in [-0.25, -0.2) is 0 Å². The SMILES string of the molecule is O=C(Nc1cc2c(cc1Cl)OCO2)c1cc(Cl)ccn1. The largest absolute Gasteiger partial charge is 0.454 e. The second kappa shape index (κ2) is 5.19. The molecule has 0 saturated heterocycles. The van der Waals surface area contributed by atoms with Crippen molar-refractivity contribution in [1.82, 2.24) is 4.98 Å². The van der Waals surface area contributed by atoms with Gasteiger partial charge in [0.05, 0.1) is 10.7 Å². The van der Waals surface area contributed by atoms with Crippen LogP contribution in [-0.4, -0.2) is 17.7 Å². The molecule has 3 rings (SSSR count). The number of amides is 1. The molecule has 2 aromatic rings. The average Bonchev–Trinajstić information content (AvgIpc) is 2.86. The molecular formula is C13H8Cl2N2O3. The highest BCUT2D eigenvalue weighted by molar-refractivity contribution is 6.34. The molecule has 102 valence electrons. The monoisotopic (exact) mass is 310 g/mol. The number of anilines is 1. The van der Waals surface area contributed by atoms with Gasteiger partial charge in [0.1, 0.15) is 5.69 Å². The Morgan fingerprint density at radius 1 is 1.20 bits per heavy atom. The molecule has 1 aliphatic heterocycles. The molecule has 1 amide bonds. The van der Waals surface area contributed by atoms with Crippen molar-refractivity contribution in [2.75, 3.05) is 12.1 Å². The van der Waals surface area contributed by atoms with E-state index in [1.807, 2.05) is 0 Å². The predicted molar refractivity (Wildman–Crippen MR) is 74.8 cm³/mol. The number of nitrogens with one attached hydrogen (secondary N) is 1. The van der Waals surface area contributed by atoms with E-state index in [4.69, 9.17) is 32.7 Å². The molecule has 0 atom stereocenters. The number of hydrogen-bond acceptors (Lipinski definition) is 4. The van der Waals surface area contributed by atoms with Crippen molar-refractivity contribution in [1.29, 1.82) is 0 Å². The lowest BCUT2D eigenvalue weighted by atomic mass is 10.2. The minimum Gasteiger partial charge on any atom is -0.454 e. The van der Waals surface area contributed by atoms with Gasteiger partial charge in [-0.05, 0) is 12.1 Å². The summed E-state index contributed by atoms with van der Waals surface area (Å²) < 4.78 is 10.4. The van der Waals surface area contributed by atoms with Crippen LogP contribution in [0.3, 0.4) is 0 Å². The summed E-state index contributed by atoms with van der Waals surface area (Å²) in [5.41, 5.74) is 0.619.